The lowest BCUT2D eigenvalue weighted by Gasteiger charge is -2.28. The number of aromatic hydroxyl groups is 1. The van der Waals surface area contributed by atoms with Gasteiger partial charge in [-0.2, -0.15) is 5.10 Å². The van der Waals surface area contributed by atoms with Crippen LogP contribution in [0.4, 0.5) is 0 Å². The average Bonchev–Trinajstić information content (AvgIpc) is 3.34. The van der Waals surface area contributed by atoms with Crippen LogP contribution in [0.5, 0.6) is 5.75 Å². The maximum Gasteiger partial charge on any atom is 0.243 e. The quantitative estimate of drug-likeness (QED) is 0.203. The number of nitrogens with two attached hydrogens (primary N) is 1. The summed E-state index contributed by atoms with van der Waals surface area (Å²) in [4.78, 5) is 27.9. The highest BCUT2D eigenvalue weighted by atomic mass is 35.5. The SMILES string of the molecule is CCS(=O)(=O)N[C@H](Cc1ccccc1)C(=O)N1CCC[C@H]1C(=O)NCc1ccc(C=NN)c(O)c1.Cl. The Balaban J connectivity index is 0.00000456. The number of carbonyl (C=O) groups is 2. The van der Waals surface area contributed by atoms with Crippen LogP contribution in [0.3, 0.4) is 0 Å². The molecule has 1 aliphatic rings. The van der Waals surface area contributed by atoms with Crippen molar-refractivity contribution in [3.63, 3.8) is 0 Å². The summed E-state index contributed by atoms with van der Waals surface area (Å²) in [6.45, 7) is 2.02. The molecule has 1 aliphatic heterocycles. The Morgan fingerprint density at radius 2 is 1.94 bits per heavy atom. The first-order chi connectivity index (χ1) is 16.7. The van der Waals surface area contributed by atoms with Gasteiger partial charge in [0.25, 0.3) is 0 Å². The summed E-state index contributed by atoms with van der Waals surface area (Å²) >= 11 is 0. The molecular formula is C24H32ClN5O5S. The van der Waals surface area contributed by atoms with Crippen LogP contribution < -0.4 is 15.9 Å². The summed E-state index contributed by atoms with van der Waals surface area (Å²) in [7, 11) is -3.65. The summed E-state index contributed by atoms with van der Waals surface area (Å²) in [5.74, 6) is 4.18. The monoisotopic (exact) mass is 537 g/mol. The summed E-state index contributed by atoms with van der Waals surface area (Å²) in [5, 5.41) is 16.2. The standard InChI is InChI=1S/C24H31N5O5S.ClH/c1-2-35(33,34)28-20(13-17-7-4-3-5-8-17)24(32)29-12-6-9-21(29)23(31)26-15-18-10-11-19(16-27-25)22(30)14-18;/h3-5,7-8,10-11,14,16,20-21,28,30H,2,6,9,12-13,15,25H2,1H3,(H,26,31);1H/t20-,21+;/m1./s1. The van der Waals surface area contributed by atoms with E-state index in [0.717, 1.165) is 5.56 Å². The fraction of sp³-hybridized carbons (Fsp3) is 0.375. The molecule has 196 valence electrons. The molecule has 2 aromatic rings. The van der Waals surface area contributed by atoms with Gasteiger partial charge in [-0.1, -0.05) is 36.4 Å². The van der Waals surface area contributed by atoms with Gasteiger partial charge in [-0.05, 0) is 49.4 Å². The van der Waals surface area contributed by atoms with E-state index in [9.17, 15) is 23.1 Å². The number of amides is 2. The van der Waals surface area contributed by atoms with Gasteiger partial charge in [0.2, 0.25) is 21.8 Å². The normalized spacial score (nSPS) is 16.5. The second-order valence-electron chi connectivity index (χ2n) is 8.34. The number of hydrazone groups is 1. The first-order valence-corrected chi connectivity index (χ1v) is 13.1. The van der Waals surface area contributed by atoms with Gasteiger partial charge >= 0.3 is 0 Å². The van der Waals surface area contributed by atoms with Crippen molar-refractivity contribution in [3.05, 3.63) is 65.2 Å². The van der Waals surface area contributed by atoms with E-state index in [-0.39, 0.29) is 42.8 Å². The molecule has 3 rings (SSSR count). The first-order valence-electron chi connectivity index (χ1n) is 11.4. The number of benzene rings is 2. The van der Waals surface area contributed by atoms with E-state index in [1.165, 1.54) is 24.1 Å². The van der Waals surface area contributed by atoms with Gasteiger partial charge in [-0.25, -0.2) is 13.1 Å². The third-order valence-electron chi connectivity index (χ3n) is 5.90. The van der Waals surface area contributed by atoms with E-state index < -0.39 is 28.0 Å². The number of hydrogen-bond acceptors (Lipinski definition) is 7. The van der Waals surface area contributed by atoms with Gasteiger partial charge < -0.3 is 21.2 Å². The Morgan fingerprint density at radius 1 is 1.22 bits per heavy atom. The van der Waals surface area contributed by atoms with Crippen LogP contribution in [-0.2, 0) is 32.6 Å². The van der Waals surface area contributed by atoms with E-state index in [2.05, 4.69) is 15.1 Å². The molecule has 36 heavy (non-hydrogen) atoms. The number of sulfonamides is 1. The lowest BCUT2D eigenvalue weighted by atomic mass is 10.0. The van der Waals surface area contributed by atoms with Crippen LogP contribution >= 0.6 is 12.4 Å². The number of likely N-dealkylation sites (tertiary alicyclic amines) is 1. The molecule has 2 amide bonds. The highest BCUT2D eigenvalue weighted by Crippen LogP contribution is 2.21. The van der Waals surface area contributed by atoms with Crippen LogP contribution in [0.2, 0.25) is 0 Å². The molecule has 0 radical (unpaired) electrons. The van der Waals surface area contributed by atoms with E-state index in [4.69, 9.17) is 5.84 Å². The van der Waals surface area contributed by atoms with E-state index in [0.29, 0.717) is 30.5 Å². The van der Waals surface area contributed by atoms with Crippen LogP contribution in [0.15, 0.2) is 53.6 Å². The smallest absolute Gasteiger partial charge is 0.243 e. The fourth-order valence-corrected chi connectivity index (χ4v) is 4.81. The zero-order valence-electron chi connectivity index (χ0n) is 20.0. The van der Waals surface area contributed by atoms with Crippen molar-refractivity contribution >= 4 is 40.5 Å². The third kappa shape index (κ3) is 7.67. The van der Waals surface area contributed by atoms with Crippen LogP contribution in [-0.4, -0.2) is 60.8 Å². The first kappa shape index (κ1) is 29.1. The minimum absolute atomic E-state index is 0. The molecule has 0 bridgehead atoms. The van der Waals surface area contributed by atoms with Gasteiger partial charge in [0.05, 0.1) is 12.0 Å². The molecule has 5 N–H and O–H groups in total. The zero-order chi connectivity index (χ0) is 25.4. The van der Waals surface area contributed by atoms with Crippen molar-refractivity contribution in [2.45, 2.75) is 44.8 Å². The van der Waals surface area contributed by atoms with E-state index in [1.807, 2.05) is 30.3 Å². The zero-order valence-corrected chi connectivity index (χ0v) is 21.6. The number of phenolic OH excluding ortho intramolecular Hbond substituents is 1. The van der Waals surface area contributed by atoms with Crippen molar-refractivity contribution < 1.29 is 23.1 Å². The minimum atomic E-state index is -3.65. The number of rotatable bonds is 10. The van der Waals surface area contributed by atoms with Crippen LogP contribution in [0.1, 0.15) is 36.5 Å². The topological polar surface area (TPSA) is 154 Å². The van der Waals surface area contributed by atoms with Crippen molar-refractivity contribution in [1.29, 1.82) is 0 Å². The Hall–Kier alpha value is -3.15. The van der Waals surface area contributed by atoms with Crippen molar-refractivity contribution in [3.8, 4) is 5.75 Å². The van der Waals surface area contributed by atoms with Gasteiger partial charge in [-0.15, -0.1) is 12.4 Å². The third-order valence-corrected chi connectivity index (χ3v) is 7.30. The molecule has 0 unspecified atom stereocenters. The molecule has 0 aliphatic carbocycles. The summed E-state index contributed by atoms with van der Waals surface area (Å²) in [5.41, 5.74) is 1.93. The molecule has 1 saturated heterocycles. The van der Waals surface area contributed by atoms with Gasteiger partial charge in [0, 0.05) is 18.7 Å². The fourth-order valence-electron chi connectivity index (χ4n) is 4.03. The molecule has 1 fully saturated rings. The van der Waals surface area contributed by atoms with Gasteiger partial charge in [0.1, 0.15) is 17.8 Å². The Morgan fingerprint density at radius 3 is 2.58 bits per heavy atom. The maximum atomic E-state index is 13.4. The van der Waals surface area contributed by atoms with Crippen molar-refractivity contribution in [1.82, 2.24) is 14.9 Å². The summed E-state index contributed by atoms with van der Waals surface area (Å²) in [6.07, 6.45) is 2.61. The molecule has 2 atom stereocenters. The number of hydrogen-bond donors (Lipinski definition) is 4. The number of halogens is 1. The molecule has 0 aromatic heterocycles. The second-order valence-corrected chi connectivity index (χ2v) is 10.4. The largest absolute Gasteiger partial charge is 0.507 e. The predicted octanol–water partition coefficient (Wildman–Crippen LogP) is 1.26. The Bertz CT molecular complexity index is 1180. The highest BCUT2D eigenvalue weighted by Gasteiger charge is 2.38. The summed E-state index contributed by atoms with van der Waals surface area (Å²) < 4.78 is 27.1. The molecule has 12 heteroatoms. The molecule has 0 spiro atoms. The van der Waals surface area contributed by atoms with Crippen molar-refractivity contribution in [2.75, 3.05) is 12.3 Å². The summed E-state index contributed by atoms with van der Waals surface area (Å²) in [6, 6.07) is 12.3. The van der Waals surface area contributed by atoms with Crippen molar-refractivity contribution in [2.24, 2.45) is 10.9 Å². The average molecular weight is 538 g/mol. The number of nitrogens with one attached hydrogen (secondary N) is 2. The van der Waals surface area contributed by atoms with Gasteiger partial charge in [0.15, 0.2) is 0 Å². The van der Waals surface area contributed by atoms with E-state index >= 15 is 0 Å². The predicted molar refractivity (Wildman–Crippen MR) is 140 cm³/mol. The maximum absolute atomic E-state index is 13.4. The van der Waals surface area contributed by atoms with Gasteiger partial charge in [-0.3, -0.25) is 9.59 Å². The second kappa shape index (κ2) is 13.2. The number of nitrogens with zero attached hydrogens (tertiary/aromatic N) is 2. The molecule has 0 saturated carbocycles. The highest BCUT2D eigenvalue weighted by molar-refractivity contribution is 7.89. The Labute approximate surface area is 217 Å². The Kier molecular flexibility index (Phi) is 10.7. The molecular weight excluding hydrogens is 506 g/mol. The van der Waals surface area contributed by atoms with Crippen LogP contribution in [0, 0.1) is 0 Å². The van der Waals surface area contributed by atoms with Crippen LogP contribution in [0.25, 0.3) is 0 Å². The molecule has 1 heterocycles. The number of phenols is 1. The van der Waals surface area contributed by atoms with E-state index in [1.54, 1.807) is 12.1 Å². The lowest BCUT2D eigenvalue weighted by molar-refractivity contribution is -0.139. The molecule has 10 nitrogen and oxygen atoms in total. The number of carbonyl (C=O) groups excluding carboxylic acids is 2. The lowest BCUT2D eigenvalue weighted by Crippen LogP contribution is -2.54. The molecule has 2 aromatic carbocycles. The minimum Gasteiger partial charge on any atom is -0.507 e.